The summed E-state index contributed by atoms with van der Waals surface area (Å²) in [5, 5.41) is 11.7. The van der Waals surface area contributed by atoms with Crippen LogP contribution in [-0.2, 0) is 16.1 Å². The number of rotatable bonds is 8. The largest absolute Gasteiger partial charge is 0.480 e. The van der Waals surface area contributed by atoms with Gasteiger partial charge in [-0.25, -0.2) is 0 Å². The minimum Gasteiger partial charge on any atom is -0.480 e. The third-order valence-corrected chi connectivity index (χ3v) is 3.09. The third-order valence-electron chi connectivity index (χ3n) is 3.09. The monoisotopic (exact) mass is 278 g/mol. The van der Waals surface area contributed by atoms with Crippen LogP contribution in [0.3, 0.4) is 0 Å². The predicted molar refractivity (Wildman–Crippen MR) is 77.3 cm³/mol. The number of hydrogen-bond donors (Lipinski definition) is 2. The number of carboxylic acid groups (broad SMARTS) is 1. The van der Waals surface area contributed by atoms with E-state index >= 15 is 0 Å². The van der Waals surface area contributed by atoms with Crippen LogP contribution in [0.1, 0.15) is 25.8 Å². The fraction of sp³-hybridized carbons (Fsp3) is 0.467. The molecule has 0 aliphatic heterocycles. The van der Waals surface area contributed by atoms with Gasteiger partial charge in [0.05, 0.1) is 12.6 Å². The van der Waals surface area contributed by atoms with Crippen LogP contribution in [-0.4, -0.2) is 41.0 Å². The molecule has 0 aromatic heterocycles. The summed E-state index contributed by atoms with van der Waals surface area (Å²) in [5.41, 5.74) is 1.02. The van der Waals surface area contributed by atoms with Crippen LogP contribution in [0.2, 0.25) is 0 Å². The van der Waals surface area contributed by atoms with Gasteiger partial charge in [-0.05, 0) is 25.5 Å². The molecule has 1 unspecified atom stereocenters. The quantitative estimate of drug-likeness (QED) is 0.756. The maximum atomic E-state index is 12.1. The number of aliphatic carboxylic acids is 1. The molecule has 5 nitrogen and oxygen atoms in total. The summed E-state index contributed by atoms with van der Waals surface area (Å²) in [6.07, 6.45) is 0.809. The fourth-order valence-electron chi connectivity index (χ4n) is 1.97. The summed E-state index contributed by atoms with van der Waals surface area (Å²) >= 11 is 0. The van der Waals surface area contributed by atoms with Crippen LogP contribution in [0.15, 0.2) is 30.3 Å². The number of nitrogens with zero attached hydrogens (tertiary/aromatic N) is 1. The Kier molecular flexibility index (Phi) is 6.73. The number of benzene rings is 1. The lowest BCUT2D eigenvalue weighted by atomic mass is 10.2. The van der Waals surface area contributed by atoms with E-state index < -0.39 is 12.0 Å². The highest BCUT2D eigenvalue weighted by Crippen LogP contribution is 2.03. The maximum absolute atomic E-state index is 12.1. The van der Waals surface area contributed by atoms with Crippen molar-refractivity contribution in [2.24, 2.45) is 0 Å². The molecular weight excluding hydrogens is 256 g/mol. The topological polar surface area (TPSA) is 69.6 Å². The smallest absolute Gasteiger partial charge is 0.317 e. The summed E-state index contributed by atoms with van der Waals surface area (Å²) in [6.45, 7) is 4.62. The van der Waals surface area contributed by atoms with E-state index in [0.717, 1.165) is 12.0 Å². The van der Waals surface area contributed by atoms with Gasteiger partial charge in [0.25, 0.3) is 0 Å². The predicted octanol–water partition coefficient (Wildman–Crippen LogP) is 1.49. The van der Waals surface area contributed by atoms with E-state index in [9.17, 15) is 9.59 Å². The summed E-state index contributed by atoms with van der Waals surface area (Å²) in [4.78, 5) is 24.6. The normalized spacial score (nSPS) is 12.2. The van der Waals surface area contributed by atoms with Crippen molar-refractivity contribution in [1.29, 1.82) is 0 Å². The SMILES string of the molecule is CCCN(CC(=O)O)C(C)C(=O)NCc1ccccc1. The van der Waals surface area contributed by atoms with E-state index in [1.807, 2.05) is 37.3 Å². The van der Waals surface area contributed by atoms with Crippen LogP contribution in [0, 0.1) is 0 Å². The molecule has 0 heterocycles. The summed E-state index contributed by atoms with van der Waals surface area (Å²) in [7, 11) is 0. The Balaban J connectivity index is 2.53. The molecule has 1 atom stereocenters. The van der Waals surface area contributed by atoms with E-state index in [-0.39, 0.29) is 12.5 Å². The van der Waals surface area contributed by atoms with Gasteiger partial charge in [0, 0.05) is 6.54 Å². The maximum Gasteiger partial charge on any atom is 0.317 e. The highest BCUT2D eigenvalue weighted by atomic mass is 16.4. The van der Waals surface area contributed by atoms with Gasteiger partial charge < -0.3 is 10.4 Å². The molecule has 1 rings (SSSR count). The van der Waals surface area contributed by atoms with E-state index in [2.05, 4.69) is 5.32 Å². The second-order valence-corrected chi connectivity index (χ2v) is 4.74. The van der Waals surface area contributed by atoms with Gasteiger partial charge in [0.15, 0.2) is 0 Å². The molecule has 0 saturated heterocycles. The van der Waals surface area contributed by atoms with E-state index in [1.165, 1.54) is 0 Å². The molecule has 2 N–H and O–H groups in total. The number of carboxylic acids is 1. The van der Waals surface area contributed by atoms with Crippen LogP contribution < -0.4 is 5.32 Å². The van der Waals surface area contributed by atoms with Crippen molar-refractivity contribution >= 4 is 11.9 Å². The second kappa shape index (κ2) is 8.32. The minimum atomic E-state index is -0.916. The summed E-state index contributed by atoms with van der Waals surface area (Å²) in [6, 6.07) is 9.17. The van der Waals surface area contributed by atoms with Gasteiger partial charge in [0.2, 0.25) is 5.91 Å². The number of hydrogen-bond acceptors (Lipinski definition) is 3. The molecule has 0 saturated carbocycles. The number of carbonyl (C=O) groups is 2. The average molecular weight is 278 g/mol. The molecular formula is C15H22N2O3. The lowest BCUT2D eigenvalue weighted by Gasteiger charge is -2.26. The van der Waals surface area contributed by atoms with Gasteiger partial charge in [-0.1, -0.05) is 37.3 Å². The molecule has 0 fully saturated rings. The molecule has 1 aromatic rings. The average Bonchev–Trinajstić information content (AvgIpc) is 2.44. The third kappa shape index (κ3) is 5.40. The zero-order valence-electron chi connectivity index (χ0n) is 12.0. The molecule has 0 bridgehead atoms. The van der Waals surface area contributed by atoms with Gasteiger partial charge in [0.1, 0.15) is 0 Å². The highest BCUT2D eigenvalue weighted by Gasteiger charge is 2.22. The van der Waals surface area contributed by atoms with E-state index in [1.54, 1.807) is 11.8 Å². The summed E-state index contributed by atoms with van der Waals surface area (Å²) < 4.78 is 0. The van der Waals surface area contributed by atoms with Crippen molar-refractivity contribution in [3.8, 4) is 0 Å². The van der Waals surface area contributed by atoms with Crippen LogP contribution in [0.4, 0.5) is 0 Å². The van der Waals surface area contributed by atoms with Crippen LogP contribution >= 0.6 is 0 Å². The van der Waals surface area contributed by atoms with Crippen molar-refractivity contribution in [2.45, 2.75) is 32.9 Å². The Bertz CT molecular complexity index is 434. The zero-order chi connectivity index (χ0) is 15.0. The second-order valence-electron chi connectivity index (χ2n) is 4.74. The highest BCUT2D eigenvalue weighted by molar-refractivity contribution is 5.82. The molecule has 110 valence electrons. The van der Waals surface area contributed by atoms with Gasteiger partial charge in [-0.2, -0.15) is 0 Å². The molecule has 1 aromatic carbocycles. The van der Waals surface area contributed by atoms with Gasteiger partial charge in [-0.3, -0.25) is 14.5 Å². The summed E-state index contributed by atoms with van der Waals surface area (Å²) in [5.74, 6) is -1.07. The molecule has 0 radical (unpaired) electrons. The molecule has 0 aliphatic carbocycles. The minimum absolute atomic E-state index is 0.117. The molecule has 0 aliphatic rings. The van der Waals surface area contributed by atoms with Gasteiger partial charge in [-0.15, -0.1) is 0 Å². The zero-order valence-corrected chi connectivity index (χ0v) is 12.0. The standard InChI is InChI=1S/C15H22N2O3/c1-3-9-17(11-14(18)19)12(2)15(20)16-10-13-7-5-4-6-8-13/h4-8,12H,3,9-11H2,1-2H3,(H,16,20)(H,18,19). The van der Waals surface area contributed by atoms with Crippen LogP contribution in [0.5, 0.6) is 0 Å². The first-order chi connectivity index (χ1) is 9.54. The molecule has 1 amide bonds. The molecule has 20 heavy (non-hydrogen) atoms. The van der Waals surface area contributed by atoms with Crippen molar-refractivity contribution < 1.29 is 14.7 Å². The Morgan fingerprint density at radius 2 is 1.95 bits per heavy atom. The number of carbonyl (C=O) groups excluding carboxylic acids is 1. The fourth-order valence-corrected chi connectivity index (χ4v) is 1.97. The van der Waals surface area contributed by atoms with Crippen molar-refractivity contribution in [2.75, 3.05) is 13.1 Å². The Hall–Kier alpha value is -1.88. The van der Waals surface area contributed by atoms with Gasteiger partial charge >= 0.3 is 5.97 Å². The number of amides is 1. The first-order valence-electron chi connectivity index (χ1n) is 6.82. The molecule has 0 spiro atoms. The Labute approximate surface area is 119 Å². The first kappa shape index (κ1) is 16.2. The van der Waals surface area contributed by atoms with Crippen molar-refractivity contribution in [1.82, 2.24) is 10.2 Å². The van der Waals surface area contributed by atoms with E-state index in [4.69, 9.17) is 5.11 Å². The van der Waals surface area contributed by atoms with Crippen molar-refractivity contribution in [3.63, 3.8) is 0 Å². The first-order valence-corrected chi connectivity index (χ1v) is 6.82. The van der Waals surface area contributed by atoms with Crippen LogP contribution in [0.25, 0.3) is 0 Å². The lowest BCUT2D eigenvalue weighted by Crippen LogP contribution is -2.47. The lowest BCUT2D eigenvalue weighted by molar-refractivity contribution is -0.139. The molecule has 5 heteroatoms. The number of nitrogens with one attached hydrogen (secondary N) is 1. The Morgan fingerprint density at radius 1 is 1.30 bits per heavy atom. The van der Waals surface area contributed by atoms with E-state index in [0.29, 0.717) is 13.1 Å². The Morgan fingerprint density at radius 3 is 2.50 bits per heavy atom. The van der Waals surface area contributed by atoms with Crippen molar-refractivity contribution in [3.05, 3.63) is 35.9 Å².